The summed E-state index contributed by atoms with van der Waals surface area (Å²) in [6, 6.07) is 5.69. The molecule has 124 valence electrons. The molecule has 0 saturated heterocycles. The van der Waals surface area contributed by atoms with Gasteiger partial charge in [-0.15, -0.1) is 0 Å². The van der Waals surface area contributed by atoms with Gasteiger partial charge in [0, 0.05) is 38.7 Å². The van der Waals surface area contributed by atoms with Crippen molar-refractivity contribution in [1.29, 1.82) is 0 Å². The predicted octanol–water partition coefficient (Wildman–Crippen LogP) is 1.91. The zero-order valence-corrected chi connectivity index (χ0v) is 13.7. The normalized spacial score (nSPS) is 14.2. The van der Waals surface area contributed by atoms with Crippen molar-refractivity contribution in [2.45, 2.75) is 19.6 Å². The smallest absolute Gasteiger partial charge is 0.272 e. The summed E-state index contributed by atoms with van der Waals surface area (Å²) in [5, 5.41) is 1.02. The molecule has 7 heteroatoms. The van der Waals surface area contributed by atoms with Gasteiger partial charge in [-0.1, -0.05) is 0 Å². The third-order valence-electron chi connectivity index (χ3n) is 4.26. The van der Waals surface area contributed by atoms with Crippen molar-refractivity contribution in [1.82, 2.24) is 19.4 Å². The van der Waals surface area contributed by atoms with E-state index in [0.717, 1.165) is 22.5 Å². The van der Waals surface area contributed by atoms with Crippen LogP contribution in [0.4, 0.5) is 0 Å². The number of aryl methyl sites for hydroxylation is 1. The molecule has 0 atom stereocenters. The monoisotopic (exact) mass is 326 g/mol. The Kier molecular flexibility index (Phi) is 3.57. The summed E-state index contributed by atoms with van der Waals surface area (Å²) in [7, 11) is 3.52. The maximum Gasteiger partial charge on any atom is 0.272 e. The third-order valence-corrected chi connectivity index (χ3v) is 4.26. The molecule has 0 spiro atoms. The largest absolute Gasteiger partial charge is 0.443 e. The van der Waals surface area contributed by atoms with E-state index in [4.69, 9.17) is 9.15 Å². The molecule has 24 heavy (non-hydrogen) atoms. The quantitative estimate of drug-likeness (QED) is 0.735. The number of aromatic nitrogens is 3. The van der Waals surface area contributed by atoms with Gasteiger partial charge in [-0.05, 0) is 18.2 Å². The molecular formula is C17H18N4O3. The second-order valence-electron chi connectivity index (χ2n) is 5.92. The average molecular weight is 326 g/mol. The Morgan fingerprint density at radius 2 is 2.21 bits per heavy atom. The van der Waals surface area contributed by atoms with E-state index in [-0.39, 0.29) is 5.91 Å². The Labute approximate surface area is 138 Å². The molecule has 0 unspecified atom stereocenters. The zero-order chi connectivity index (χ0) is 16.7. The van der Waals surface area contributed by atoms with Crippen molar-refractivity contribution in [3.05, 3.63) is 47.4 Å². The fourth-order valence-electron chi connectivity index (χ4n) is 3.03. The summed E-state index contributed by atoms with van der Waals surface area (Å²) < 4.78 is 12.6. The number of carbonyl (C=O) groups is 1. The lowest BCUT2D eigenvalue weighted by Crippen LogP contribution is -2.36. The van der Waals surface area contributed by atoms with Crippen LogP contribution in [0.3, 0.4) is 0 Å². The summed E-state index contributed by atoms with van der Waals surface area (Å²) in [5.41, 5.74) is 2.07. The highest BCUT2D eigenvalue weighted by molar-refractivity contribution is 5.94. The minimum absolute atomic E-state index is 0.0833. The van der Waals surface area contributed by atoms with Crippen LogP contribution in [0.25, 0.3) is 11.0 Å². The minimum Gasteiger partial charge on any atom is -0.443 e. The van der Waals surface area contributed by atoms with Gasteiger partial charge < -0.3 is 18.6 Å². The lowest BCUT2D eigenvalue weighted by atomic mass is 10.1. The number of fused-ring (bicyclic) bond motifs is 2. The maximum absolute atomic E-state index is 12.8. The van der Waals surface area contributed by atoms with Crippen molar-refractivity contribution in [3.8, 4) is 0 Å². The highest BCUT2D eigenvalue weighted by atomic mass is 16.5. The number of oxazole rings is 1. The lowest BCUT2D eigenvalue weighted by molar-refractivity contribution is 0.0722. The number of methoxy groups -OCH3 is 1. The van der Waals surface area contributed by atoms with Crippen molar-refractivity contribution < 1.29 is 13.9 Å². The Balaban J connectivity index is 1.58. The fraction of sp³-hybridized carbons (Fsp3) is 0.353. The van der Waals surface area contributed by atoms with Crippen molar-refractivity contribution in [2.75, 3.05) is 13.7 Å². The van der Waals surface area contributed by atoms with Gasteiger partial charge in [0.2, 0.25) is 5.89 Å². The predicted molar refractivity (Wildman–Crippen MR) is 86.4 cm³/mol. The van der Waals surface area contributed by atoms with Crippen LogP contribution in [-0.4, -0.2) is 39.0 Å². The summed E-state index contributed by atoms with van der Waals surface area (Å²) >= 11 is 0. The van der Waals surface area contributed by atoms with Crippen LogP contribution in [0, 0.1) is 0 Å². The molecule has 4 heterocycles. The number of pyridine rings is 1. The summed E-state index contributed by atoms with van der Waals surface area (Å²) in [5.74, 6) is 1.32. The Hall–Kier alpha value is -2.67. The third kappa shape index (κ3) is 2.46. The van der Waals surface area contributed by atoms with Crippen LogP contribution in [0.1, 0.15) is 27.8 Å². The molecule has 0 radical (unpaired) electrons. The first-order valence-corrected chi connectivity index (χ1v) is 7.83. The van der Waals surface area contributed by atoms with Gasteiger partial charge in [-0.3, -0.25) is 4.79 Å². The molecule has 0 aliphatic carbocycles. The van der Waals surface area contributed by atoms with E-state index >= 15 is 0 Å². The van der Waals surface area contributed by atoms with Crippen LogP contribution < -0.4 is 0 Å². The number of ether oxygens (including phenoxy) is 1. The van der Waals surface area contributed by atoms with Crippen LogP contribution in [0.2, 0.25) is 0 Å². The summed E-state index contributed by atoms with van der Waals surface area (Å²) in [4.78, 5) is 23.5. The Morgan fingerprint density at radius 3 is 3.04 bits per heavy atom. The zero-order valence-electron chi connectivity index (χ0n) is 13.7. The molecule has 0 fully saturated rings. The molecular weight excluding hydrogens is 308 g/mol. The molecule has 0 N–H and O–H groups in total. The van der Waals surface area contributed by atoms with E-state index in [1.54, 1.807) is 18.1 Å². The Bertz CT molecular complexity index is 912. The molecule has 1 amide bonds. The lowest BCUT2D eigenvalue weighted by Gasteiger charge is -2.25. The molecule has 4 rings (SSSR count). The Morgan fingerprint density at radius 1 is 1.33 bits per heavy atom. The molecule has 1 aliphatic heterocycles. The van der Waals surface area contributed by atoms with E-state index < -0.39 is 0 Å². The number of nitrogens with zero attached hydrogens (tertiary/aromatic N) is 4. The highest BCUT2D eigenvalue weighted by Gasteiger charge is 2.27. The maximum atomic E-state index is 12.8. The van der Waals surface area contributed by atoms with Gasteiger partial charge in [0.05, 0.1) is 6.54 Å². The molecule has 7 nitrogen and oxygen atoms in total. The van der Waals surface area contributed by atoms with E-state index in [9.17, 15) is 4.79 Å². The van der Waals surface area contributed by atoms with Crippen molar-refractivity contribution in [2.24, 2.45) is 7.05 Å². The van der Waals surface area contributed by atoms with Gasteiger partial charge >= 0.3 is 0 Å². The van der Waals surface area contributed by atoms with Gasteiger partial charge in [-0.2, -0.15) is 0 Å². The molecule has 1 aliphatic rings. The van der Waals surface area contributed by atoms with Crippen LogP contribution >= 0.6 is 0 Å². The average Bonchev–Trinajstić information content (AvgIpc) is 3.17. The van der Waals surface area contributed by atoms with Crippen LogP contribution in [-0.2, 0) is 31.4 Å². The standard InChI is InChI=1S/C17H18N4O3/c1-20-7-5-11-3-4-12(19-16(11)20)17(22)21-8-6-14-13(9-21)18-15(24-14)10-23-2/h3-5,7H,6,8-10H2,1-2H3. The topological polar surface area (TPSA) is 73.4 Å². The second-order valence-corrected chi connectivity index (χ2v) is 5.92. The van der Waals surface area contributed by atoms with Crippen molar-refractivity contribution in [3.63, 3.8) is 0 Å². The van der Waals surface area contributed by atoms with Gasteiger partial charge in [0.25, 0.3) is 5.91 Å². The summed E-state index contributed by atoms with van der Waals surface area (Å²) in [6.45, 7) is 1.38. The van der Waals surface area contributed by atoms with Crippen molar-refractivity contribution >= 4 is 16.9 Å². The van der Waals surface area contributed by atoms with Gasteiger partial charge in [0.1, 0.15) is 29.4 Å². The number of amides is 1. The SMILES string of the molecule is COCc1nc2c(o1)CCN(C(=O)c1ccc3ccn(C)c3n1)C2. The fourth-order valence-corrected chi connectivity index (χ4v) is 3.03. The molecule has 0 saturated carbocycles. The van der Waals surface area contributed by atoms with E-state index in [1.807, 2.05) is 29.9 Å². The first kappa shape index (κ1) is 14.9. The van der Waals surface area contributed by atoms with Crippen LogP contribution in [0.15, 0.2) is 28.8 Å². The van der Waals surface area contributed by atoms with Gasteiger partial charge in [-0.25, -0.2) is 9.97 Å². The number of hydrogen-bond acceptors (Lipinski definition) is 5. The molecule has 0 aromatic carbocycles. The molecule has 0 bridgehead atoms. The molecule has 3 aromatic rings. The molecule has 3 aromatic heterocycles. The highest BCUT2D eigenvalue weighted by Crippen LogP contribution is 2.22. The van der Waals surface area contributed by atoms with Crippen LogP contribution in [0.5, 0.6) is 0 Å². The first-order chi connectivity index (χ1) is 11.7. The second kappa shape index (κ2) is 5.76. The van der Waals surface area contributed by atoms with E-state index in [1.165, 1.54) is 0 Å². The number of hydrogen-bond donors (Lipinski definition) is 0. The minimum atomic E-state index is -0.0833. The van der Waals surface area contributed by atoms with Gasteiger partial charge in [0.15, 0.2) is 0 Å². The number of carbonyl (C=O) groups excluding carboxylic acids is 1. The van der Waals surface area contributed by atoms with E-state index in [2.05, 4.69) is 9.97 Å². The summed E-state index contributed by atoms with van der Waals surface area (Å²) in [6.07, 6.45) is 2.59. The first-order valence-electron chi connectivity index (χ1n) is 7.83. The van der Waals surface area contributed by atoms with E-state index in [0.29, 0.717) is 37.7 Å². The number of rotatable bonds is 3.